The summed E-state index contributed by atoms with van der Waals surface area (Å²) in [6, 6.07) is 8.06. The molecule has 1 aromatic rings. The van der Waals surface area contributed by atoms with Crippen LogP contribution in [0, 0.1) is 0 Å². The minimum atomic E-state index is 0.637. The third kappa shape index (κ3) is 2.44. The molecule has 1 aliphatic rings. The fourth-order valence-electron chi connectivity index (χ4n) is 1.10. The number of hydrazine groups is 3. The highest BCUT2D eigenvalue weighted by molar-refractivity contribution is 9.10. The van der Waals surface area contributed by atoms with Gasteiger partial charge in [-0.2, -0.15) is 11.1 Å². The van der Waals surface area contributed by atoms with Gasteiger partial charge in [0.1, 0.15) is 0 Å². The van der Waals surface area contributed by atoms with E-state index in [1.165, 1.54) is 0 Å². The fourth-order valence-corrected chi connectivity index (χ4v) is 1.54. The molecule has 0 saturated carbocycles. The van der Waals surface area contributed by atoms with Gasteiger partial charge in [0.2, 0.25) is 5.96 Å². The molecule has 0 atom stereocenters. The van der Waals surface area contributed by atoms with E-state index in [0.717, 1.165) is 10.0 Å². The maximum Gasteiger partial charge on any atom is 0.223 e. The molecule has 1 heterocycles. The number of benzene rings is 1. The van der Waals surface area contributed by atoms with E-state index in [0.29, 0.717) is 12.5 Å². The zero-order valence-corrected chi connectivity index (χ0v) is 8.93. The molecular weight excluding hydrogens is 246 g/mol. The van der Waals surface area contributed by atoms with Crippen LogP contribution in [0.4, 0.5) is 0 Å². The van der Waals surface area contributed by atoms with E-state index in [1.807, 2.05) is 24.3 Å². The first kappa shape index (κ1) is 9.45. The number of guanidine groups is 1. The molecule has 0 aromatic heterocycles. The summed E-state index contributed by atoms with van der Waals surface area (Å²) in [4.78, 5) is 4.28. The molecule has 0 bridgehead atoms. The molecule has 2 rings (SSSR count). The lowest BCUT2D eigenvalue weighted by molar-refractivity contribution is 0.556. The van der Waals surface area contributed by atoms with E-state index in [9.17, 15) is 0 Å². The molecule has 1 aliphatic heterocycles. The van der Waals surface area contributed by atoms with E-state index >= 15 is 0 Å². The van der Waals surface area contributed by atoms with Crippen molar-refractivity contribution in [2.24, 2.45) is 4.99 Å². The molecule has 1 saturated heterocycles. The maximum atomic E-state index is 4.28. The van der Waals surface area contributed by atoms with Crippen molar-refractivity contribution in [1.29, 1.82) is 0 Å². The normalized spacial score (nSPS) is 14.8. The van der Waals surface area contributed by atoms with Crippen LogP contribution in [0.2, 0.25) is 0 Å². The van der Waals surface area contributed by atoms with Crippen LogP contribution in [0.5, 0.6) is 0 Å². The minimum Gasteiger partial charge on any atom is -0.276 e. The molecule has 0 spiro atoms. The van der Waals surface area contributed by atoms with Gasteiger partial charge < -0.3 is 0 Å². The Morgan fingerprint density at radius 3 is 2.71 bits per heavy atom. The van der Waals surface area contributed by atoms with Gasteiger partial charge in [-0.15, -0.1) is 0 Å². The first-order valence-corrected chi connectivity index (χ1v) is 4.95. The van der Waals surface area contributed by atoms with Crippen molar-refractivity contribution in [2.45, 2.75) is 6.54 Å². The average Bonchev–Trinajstić information content (AvgIpc) is 2.67. The molecule has 0 amide bonds. The smallest absolute Gasteiger partial charge is 0.223 e. The van der Waals surface area contributed by atoms with Crippen LogP contribution in [0.25, 0.3) is 0 Å². The Hall–Kier alpha value is -1.11. The predicted molar refractivity (Wildman–Crippen MR) is 57.8 cm³/mol. The van der Waals surface area contributed by atoms with Crippen LogP contribution in [0.1, 0.15) is 5.56 Å². The van der Waals surface area contributed by atoms with Crippen molar-refractivity contribution in [3.8, 4) is 0 Å². The predicted octanol–water partition coefficient (Wildman–Crippen LogP) is 0.422. The second-order valence-corrected chi connectivity index (χ2v) is 3.71. The van der Waals surface area contributed by atoms with Gasteiger partial charge in [-0.3, -0.25) is 10.9 Å². The summed E-state index contributed by atoms with van der Waals surface area (Å²) in [5, 5.41) is 0. The molecule has 0 radical (unpaired) electrons. The molecule has 0 unspecified atom stereocenters. The Morgan fingerprint density at radius 2 is 2.00 bits per heavy atom. The Kier molecular flexibility index (Phi) is 2.97. The van der Waals surface area contributed by atoms with Gasteiger partial charge in [0, 0.05) is 4.47 Å². The van der Waals surface area contributed by atoms with Gasteiger partial charge in [0.25, 0.3) is 0 Å². The van der Waals surface area contributed by atoms with Crippen LogP contribution in [-0.2, 0) is 6.54 Å². The van der Waals surface area contributed by atoms with Gasteiger partial charge in [-0.05, 0) is 17.7 Å². The zero-order valence-electron chi connectivity index (χ0n) is 7.34. The van der Waals surface area contributed by atoms with Crippen molar-refractivity contribution in [1.82, 2.24) is 21.9 Å². The number of aliphatic imine (C=N–C) groups is 1. The Balaban J connectivity index is 2.00. The monoisotopic (exact) mass is 255 g/mol. The van der Waals surface area contributed by atoms with Crippen LogP contribution < -0.4 is 21.9 Å². The lowest BCUT2D eigenvalue weighted by atomic mass is 10.2. The van der Waals surface area contributed by atoms with Crippen molar-refractivity contribution in [2.75, 3.05) is 0 Å². The molecule has 14 heavy (non-hydrogen) atoms. The second kappa shape index (κ2) is 4.41. The molecule has 1 fully saturated rings. The lowest BCUT2D eigenvalue weighted by Gasteiger charge is -1.98. The summed E-state index contributed by atoms with van der Waals surface area (Å²) in [6.07, 6.45) is 0. The average molecular weight is 256 g/mol. The topological polar surface area (TPSA) is 60.5 Å². The van der Waals surface area contributed by atoms with E-state index in [1.54, 1.807) is 0 Å². The number of rotatable bonds is 2. The maximum absolute atomic E-state index is 4.28. The highest BCUT2D eigenvalue weighted by atomic mass is 79.9. The van der Waals surface area contributed by atoms with Crippen LogP contribution in [-0.4, -0.2) is 5.96 Å². The summed E-state index contributed by atoms with van der Waals surface area (Å²) >= 11 is 3.41. The van der Waals surface area contributed by atoms with Crippen molar-refractivity contribution in [3.05, 3.63) is 34.3 Å². The number of hydrogen-bond donors (Lipinski definition) is 4. The summed E-state index contributed by atoms with van der Waals surface area (Å²) in [6.45, 7) is 0.637. The first-order chi connectivity index (χ1) is 6.84. The van der Waals surface area contributed by atoms with Crippen LogP contribution >= 0.6 is 15.9 Å². The van der Waals surface area contributed by atoms with E-state index < -0.39 is 0 Å². The Labute approximate surface area is 90.0 Å². The Morgan fingerprint density at radius 1 is 1.21 bits per heavy atom. The van der Waals surface area contributed by atoms with Gasteiger partial charge in [0.15, 0.2) is 0 Å². The number of nitrogens with one attached hydrogen (secondary N) is 4. The van der Waals surface area contributed by atoms with Gasteiger partial charge >= 0.3 is 0 Å². The zero-order chi connectivity index (χ0) is 9.80. The molecule has 1 aromatic carbocycles. The SMILES string of the molecule is Brc1cccc(CN=C2NNNN2)c1. The number of halogens is 1. The van der Waals surface area contributed by atoms with E-state index in [2.05, 4.69) is 42.8 Å². The fraction of sp³-hybridized carbons (Fsp3) is 0.125. The van der Waals surface area contributed by atoms with E-state index in [-0.39, 0.29) is 0 Å². The third-order valence-electron chi connectivity index (χ3n) is 1.73. The molecule has 4 N–H and O–H groups in total. The molecule has 6 heteroatoms. The van der Waals surface area contributed by atoms with Gasteiger partial charge in [-0.25, -0.2) is 4.99 Å². The first-order valence-electron chi connectivity index (χ1n) is 4.15. The summed E-state index contributed by atoms with van der Waals surface area (Å²) < 4.78 is 1.07. The van der Waals surface area contributed by atoms with E-state index in [4.69, 9.17) is 0 Å². The highest BCUT2D eigenvalue weighted by Gasteiger charge is 2.02. The van der Waals surface area contributed by atoms with Gasteiger partial charge in [0.05, 0.1) is 6.54 Å². The van der Waals surface area contributed by atoms with Crippen molar-refractivity contribution in [3.63, 3.8) is 0 Å². The van der Waals surface area contributed by atoms with Crippen LogP contribution in [0.3, 0.4) is 0 Å². The lowest BCUT2D eigenvalue weighted by Crippen LogP contribution is -2.33. The molecule has 74 valence electrons. The number of nitrogens with zero attached hydrogens (tertiary/aromatic N) is 1. The Bertz CT molecular complexity index is 343. The third-order valence-corrected chi connectivity index (χ3v) is 2.23. The molecule has 0 aliphatic carbocycles. The standard InChI is InChI=1S/C8H10BrN5/c9-7-3-1-2-6(4-7)5-10-8-11-13-14-12-8/h1-4,13-14H,5H2,(H2,10,11,12). The summed E-state index contributed by atoms with van der Waals surface area (Å²) in [5.41, 5.74) is 12.1. The second-order valence-electron chi connectivity index (χ2n) is 2.79. The highest BCUT2D eigenvalue weighted by Crippen LogP contribution is 2.12. The van der Waals surface area contributed by atoms with Gasteiger partial charge in [-0.1, -0.05) is 28.1 Å². The molecular formula is C8H10BrN5. The van der Waals surface area contributed by atoms with Crippen molar-refractivity contribution >= 4 is 21.9 Å². The molecule has 5 nitrogen and oxygen atoms in total. The van der Waals surface area contributed by atoms with Crippen LogP contribution in [0.15, 0.2) is 33.7 Å². The van der Waals surface area contributed by atoms with Crippen molar-refractivity contribution < 1.29 is 0 Å². The minimum absolute atomic E-state index is 0.637. The summed E-state index contributed by atoms with van der Waals surface area (Å²) in [5.74, 6) is 0.685. The largest absolute Gasteiger partial charge is 0.276 e. The summed E-state index contributed by atoms with van der Waals surface area (Å²) in [7, 11) is 0. The number of hydrogen-bond acceptors (Lipinski definition) is 3. The quantitative estimate of drug-likeness (QED) is 0.619.